The number of rotatable bonds is 2. The first kappa shape index (κ1) is 42.5. The van der Waals surface area contributed by atoms with Crippen LogP contribution in [0.25, 0.3) is 0 Å². The van der Waals surface area contributed by atoms with Crippen LogP contribution in [-0.2, 0) is 45.6 Å². The Labute approximate surface area is 312 Å². The van der Waals surface area contributed by atoms with E-state index in [1.807, 2.05) is 0 Å². The van der Waals surface area contributed by atoms with Gasteiger partial charge in [-0.15, -0.1) is 30.9 Å². The van der Waals surface area contributed by atoms with Crippen LogP contribution in [0.5, 0.6) is 0 Å². The molecule has 256 valence electrons. The van der Waals surface area contributed by atoms with Crippen LogP contribution in [0.3, 0.4) is 0 Å². The molecule has 0 saturated carbocycles. The molecule has 0 atom stereocenters. The molecular weight excluding hydrogens is 787 g/mol. The van der Waals surface area contributed by atoms with Crippen LogP contribution in [0.4, 0.5) is 0 Å². The van der Waals surface area contributed by atoms with Crippen molar-refractivity contribution in [1.82, 2.24) is 9.97 Å². The number of nitrogens with zero attached hydrogens (tertiary/aromatic N) is 8. The van der Waals surface area contributed by atoms with Crippen LogP contribution in [0.1, 0.15) is 41.5 Å². The van der Waals surface area contributed by atoms with Gasteiger partial charge in [-0.25, -0.2) is 0 Å². The predicted octanol–water partition coefficient (Wildman–Crippen LogP) is 5.82. The van der Waals surface area contributed by atoms with Gasteiger partial charge >= 0.3 is 30.6 Å². The number of hydrogen-bond donors (Lipinski definition) is 0. The zero-order valence-corrected chi connectivity index (χ0v) is 31.2. The van der Waals surface area contributed by atoms with Gasteiger partial charge in [0.2, 0.25) is 0 Å². The van der Waals surface area contributed by atoms with E-state index >= 15 is 0 Å². The van der Waals surface area contributed by atoms with Crippen LogP contribution in [0.15, 0.2) is 80.0 Å². The van der Waals surface area contributed by atoms with Gasteiger partial charge in [0.1, 0.15) is 0 Å². The summed E-state index contributed by atoms with van der Waals surface area (Å²) in [6.07, 6.45) is 6.17. The number of aromatic nitrogens is 2. The Morgan fingerprint density at radius 3 is 0.851 bits per heavy atom. The number of alkyl halides is 6. The van der Waals surface area contributed by atoms with Crippen molar-refractivity contribution in [2.75, 3.05) is 0 Å². The Morgan fingerprint density at radius 1 is 0.468 bits per heavy atom. The van der Waals surface area contributed by atoms with Gasteiger partial charge in [-0.05, 0) is 53.7 Å². The van der Waals surface area contributed by atoms with E-state index in [2.05, 4.69) is 40.9 Å². The minimum absolute atomic E-state index is 0. The van der Waals surface area contributed by atoms with Gasteiger partial charge in [0, 0.05) is 24.8 Å². The number of oxime groups is 6. The fourth-order valence-electron chi connectivity index (χ4n) is 2.94. The average Bonchev–Trinajstić information content (AvgIpc) is 3.03. The first-order valence-corrected chi connectivity index (χ1v) is 15.6. The summed E-state index contributed by atoms with van der Waals surface area (Å²) in [6.45, 7) is 4.01. The first-order valence-electron chi connectivity index (χ1n) is 13.0. The maximum Gasteiger partial charge on any atom is 2.00 e. The van der Waals surface area contributed by atoms with E-state index in [9.17, 15) is 0 Å². The molecule has 0 aromatic carbocycles. The van der Waals surface area contributed by atoms with Gasteiger partial charge in [0.25, 0.3) is 0 Å². The molecule has 0 unspecified atom stereocenters. The van der Waals surface area contributed by atoms with Crippen LogP contribution < -0.4 is 10.9 Å². The molecule has 3 aliphatic heterocycles. The van der Waals surface area contributed by atoms with Crippen molar-refractivity contribution in [1.29, 1.82) is 0 Å². The third-order valence-corrected chi connectivity index (χ3v) is 5.73. The monoisotopic (exact) mass is 812 g/mol. The summed E-state index contributed by atoms with van der Waals surface area (Å²) in [5, 5.41) is 25.2. The van der Waals surface area contributed by atoms with E-state index in [0.717, 1.165) is 0 Å². The zero-order chi connectivity index (χ0) is 34.3. The quantitative estimate of drug-likeness (QED) is 0.272. The van der Waals surface area contributed by atoms with Crippen molar-refractivity contribution in [2.45, 2.75) is 50.1 Å². The third kappa shape index (κ3) is 13.9. The Morgan fingerprint density at radius 2 is 0.681 bits per heavy atom. The maximum atomic E-state index is 5.88. The molecule has 0 N–H and O–H groups in total. The summed E-state index contributed by atoms with van der Waals surface area (Å²) in [4.78, 5) is 8.29. The minimum atomic E-state index is -2.95. The Kier molecular flexibility index (Phi) is 18.8. The molecular formula is C24H28B2Cl6FeN8O6. The van der Waals surface area contributed by atoms with Crippen molar-refractivity contribution in [3.63, 3.8) is 0 Å². The summed E-state index contributed by atoms with van der Waals surface area (Å²) >= 11 is 28.8. The largest absolute Gasteiger partial charge is 2.00 e. The number of hydrogen-bond acceptors (Lipinski definition) is 14. The summed E-state index contributed by atoms with van der Waals surface area (Å²) in [5.74, 6) is 0. The summed E-state index contributed by atoms with van der Waals surface area (Å²) < 4.78 is 33.8. The van der Waals surface area contributed by atoms with Gasteiger partial charge < -0.3 is 28.5 Å². The second-order valence-electron chi connectivity index (χ2n) is 9.04. The SMILES string of the molecule is CC1=N\O[B-]2(c3cccnc3)O/N=C(C)/C(C)=N/O[B-](c3cccnc3)(O\N=C\1C)O/N=C(C)/C(C)=N/O2.ClC(Cl)Cl.ClC(Cl)Cl.[Fe+2]. The van der Waals surface area contributed by atoms with Gasteiger partial charge in [-0.1, -0.05) is 92.7 Å². The normalized spacial score (nSPS) is 27.9. The molecule has 2 aromatic rings. The fraction of sp³-hybridized carbons (Fsp3) is 0.333. The molecule has 2 aromatic heterocycles. The molecule has 14 nitrogen and oxygen atoms in total. The van der Waals surface area contributed by atoms with Crippen LogP contribution in [0, 0.1) is 0 Å². The standard InChI is InChI=1S/C22H26B2N8O6.2CHCl3.Fe/c1-15-16(2)28-34-24(22-10-8-12-26-14-22)37-31-19(5)17(3)29-35-23(33-27-15,21-9-7-11-25-13-21)36-30-18(4)20(6)32-38-24;2*2-1(3)4;/h7-14H,1-6H3;2*1H;/q-2;;;+2/b27-15+,28-16+,29-17+,30-18+,31-19+,32-20+;;;. The van der Waals surface area contributed by atoms with Crippen LogP contribution >= 0.6 is 69.6 Å². The summed E-state index contributed by atoms with van der Waals surface area (Å²) in [5.41, 5.74) is 2.65. The van der Waals surface area contributed by atoms with E-state index in [0.29, 0.717) is 45.2 Å². The summed E-state index contributed by atoms with van der Waals surface area (Å²) in [6, 6.07) is 6.74. The van der Waals surface area contributed by atoms with Crippen molar-refractivity contribution in [3.8, 4) is 0 Å². The Hall–Kier alpha value is -2.49. The number of fused-ring (bicyclic) bond motifs is 9. The zero-order valence-electron chi connectivity index (χ0n) is 25.6. The number of pyridine rings is 2. The topological polar surface area (TPSA) is 155 Å². The van der Waals surface area contributed by atoms with Gasteiger partial charge in [0.05, 0.1) is 34.3 Å². The molecule has 0 amide bonds. The van der Waals surface area contributed by atoms with E-state index in [4.69, 9.17) is 98.1 Å². The van der Waals surface area contributed by atoms with Gasteiger partial charge in [-0.2, -0.15) is 0 Å². The minimum Gasteiger partial charge on any atom is -0.536 e. The van der Waals surface area contributed by atoms with E-state index in [1.54, 1.807) is 78.2 Å². The van der Waals surface area contributed by atoms with E-state index in [-0.39, 0.29) is 17.1 Å². The van der Waals surface area contributed by atoms with Crippen molar-refractivity contribution >= 4 is 128 Å². The van der Waals surface area contributed by atoms with Gasteiger partial charge in [0.15, 0.2) is 8.59 Å². The van der Waals surface area contributed by atoms with Crippen LogP contribution in [0.2, 0.25) is 0 Å². The predicted molar refractivity (Wildman–Crippen MR) is 187 cm³/mol. The smallest absolute Gasteiger partial charge is 0.536 e. The molecule has 0 fully saturated rings. The van der Waals surface area contributed by atoms with Gasteiger partial charge in [-0.3, -0.25) is 9.97 Å². The fourth-order valence-corrected chi connectivity index (χ4v) is 2.94. The molecule has 0 saturated heterocycles. The van der Waals surface area contributed by atoms with E-state index in [1.165, 1.54) is 12.4 Å². The average molecular weight is 815 g/mol. The molecule has 0 aliphatic carbocycles. The molecule has 47 heavy (non-hydrogen) atoms. The van der Waals surface area contributed by atoms with Crippen molar-refractivity contribution in [2.24, 2.45) is 30.9 Å². The molecule has 23 heteroatoms. The molecule has 0 radical (unpaired) electrons. The Bertz CT molecular complexity index is 1260. The van der Waals surface area contributed by atoms with Crippen LogP contribution in [-0.4, -0.2) is 66.3 Å². The second-order valence-corrected chi connectivity index (χ2v) is 13.0. The first-order chi connectivity index (χ1) is 21.7. The molecule has 3 aliphatic rings. The third-order valence-electron chi connectivity index (χ3n) is 5.73. The molecule has 0 spiro atoms. The van der Waals surface area contributed by atoms with Crippen molar-refractivity contribution < 1.29 is 45.6 Å². The number of halogens is 6. The van der Waals surface area contributed by atoms with E-state index < -0.39 is 22.1 Å². The maximum absolute atomic E-state index is 5.88. The molecule has 2 bridgehead atoms. The molecule has 5 heterocycles. The second kappa shape index (κ2) is 20.8. The summed E-state index contributed by atoms with van der Waals surface area (Å²) in [7, 11) is 0. The Balaban J connectivity index is 0.00000110. The van der Waals surface area contributed by atoms with Crippen molar-refractivity contribution in [3.05, 3.63) is 49.1 Å². The molecule has 5 rings (SSSR count).